The Labute approximate surface area is 119 Å². The van der Waals surface area contributed by atoms with E-state index >= 15 is 0 Å². The van der Waals surface area contributed by atoms with Gasteiger partial charge in [0.25, 0.3) is 0 Å². The predicted molar refractivity (Wildman–Crippen MR) is 80.4 cm³/mol. The average Bonchev–Trinajstić information content (AvgIpc) is 2.93. The van der Waals surface area contributed by atoms with Crippen LogP contribution in [-0.2, 0) is 4.79 Å². The summed E-state index contributed by atoms with van der Waals surface area (Å²) in [7, 11) is 1.99. The van der Waals surface area contributed by atoms with Crippen molar-refractivity contribution in [1.29, 1.82) is 0 Å². The first-order chi connectivity index (χ1) is 9.15. The van der Waals surface area contributed by atoms with Crippen molar-refractivity contribution in [3.05, 3.63) is 22.4 Å². The van der Waals surface area contributed by atoms with Crippen LogP contribution in [-0.4, -0.2) is 18.5 Å². The van der Waals surface area contributed by atoms with Crippen molar-refractivity contribution in [2.45, 2.75) is 57.0 Å². The van der Waals surface area contributed by atoms with Crippen molar-refractivity contribution in [3.63, 3.8) is 0 Å². The number of carbonyl (C=O) groups excluding carboxylic acids is 1. The smallest absolute Gasteiger partial charge is 0.222 e. The van der Waals surface area contributed by atoms with E-state index in [1.54, 1.807) is 11.3 Å². The van der Waals surface area contributed by atoms with E-state index in [1.807, 2.05) is 18.5 Å². The molecule has 1 saturated carbocycles. The van der Waals surface area contributed by atoms with Crippen molar-refractivity contribution in [3.8, 4) is 0 Å². The van der Waals surface area contributed by atoms with Gasteiger partial charge in [0.05, 0.1) is 6.04 Å². The summed E-state index contributed by atoms with van der Waals surface area (Å²) in [4.78, 5) is 13.5. The van der Waals surface area contributed by atoms with Crippen LogP contribution in [0.1, 0.15) is 56.4 Å². The molecule has 0 radical (unpaired) electrons. The van der Waals surface area contributed by atoms with Crippen LogP contribution in [0.2, 0.25) is 0 Å². The minimum atomic E-state index is 0.0253. The van der Waals surface area contributed by atoms with Crippen LogP contribution in [0.3, 0.4) is 0 Å². The highest BCUT2D eigenvalue weighted by Crippen LogP contribution is 2.31. The molecule has 106 valence electrons. The molecule has 1 atom stereocenters. The number of hydrogen-bond donors (Lipinski definition) is 2. The molecular formula is C15H24N2OS. The zero-order chi connectivity index (χ0) is 13.7. The fraction of sp³-hybridized carbons (Fsp3) is 0.667. The largest absolute Gasteiger partial charge is 0.349 e. The van der Waals surface area contributed by atoms with Crippen LogP contribution in [0.4, 0.5) is 0 Å². The van der Waals surface area contributed by atoms with Crippen molar-refractivity contribution in [2.75, 3.05) is 7.05 Å². The summed E-state index contributed by atoms with van der Waals surface area (Å²) in [6.45, 7) is 2.05. The van der Waals surface area contributed by atoms with Gasteiger partial charge in [-0.05, 0) is 38.3 Å². The summed E-state index contributed by atoms with van der Waals surface area (Å²) < 4.78 is 0. The molecule has 0 aliphatic heterocycles. The molecule has 19 heavy (non-hydrogen) atoms. The molecule has 0 spiro atoms. The van der Waals surface area contributed by atoms with E-state index in [-0.39, 0.29) is 17.5 Å². The lowest BCUT2D eigenvalue weighted by molar-refractivity contribution is -0.123. The zero-order valence-corrected chi connectivity index (χ0v) is 12.7. The summed E-state index contributed by atoms with van der Waals surface area (Å²) >= 11 is 1.69. The highest BCUT2D eigenvalue weighted by atomic mass is 32.1. The maximum atomic E-state index is 12.2. The minimum Gasteiger partial charge on any atom is -0.349 e. The average molecular weight is 280 g/mol. The number of nitrogens with one attached hydrogen (secondary N) is 2. The van der Waals surface area contributed by atoms with Crippen LogP contribution in [0.5, 0.6) is 0 Å². The second kappa shape index (κ2) is 6.53. The second-order valence-electron chi connectivity index (χ2n) is 5.57. The van der Waals surface area contributed by atoms with Gasteiger partial charge in [0.1, 0.15) is 0 Å². The number of rotatable bonds is 5. The van der Waals surface area contributed by atoms with E-state index in [1.165, 1.54) is 24.1 Å². The van der Waals surface area contributed by atoms with Gasteiger partial charge in [-0.3, -0.25) is 4.79 Å². The van der Waals surface area contributed by atoms with Crippen LogP contribution < -0.4 is 10.6 Å². The maximum absolute atomic E-state index is 12.2. The van der Waals surface area contributed by atoms with Gasteiger partial charge in [0, 0.05) is 16.8 Å². The SMILES string of the molecule is CNC1(CC(=O)N[C@H](C)c2cccs2)CCCCC1. The van der Waals surface area contributed by atoms with E-state index in [2.05, 4.69) is 23.6 Å². The van der Waals surface area contributed by atoms with Crippen molar-refractivity contribution >= 4 is 17.2 Å². The Balaban J connectivity index is 1.89. The maximum Gasteiger partial charge on any atom is 0.222 e. The lowest BCUT2D eigenvalue weighted by Crippen LogP contribution is -2.48. The number of hydrogen-bond acceptors (Lipinski definition) is 3. The Kier molecular flexibility index (Phi) is 4.99. The molecule has 3 nitrogen and oxygen atoms in total. The fourth-order valence-electron chi connectivity index (χ4n) is 2.95. The third-order valence-electron chi connectivity index (χ3n) is 4.19. The second-order valence-corrected chi connectivity index (χ2v) is 6.55. The minimum absolute atomic E-state index is 0.0253. The number of thiophene rings is 1. The van der Waals surface area contributed by atoms with Crippen LogP contribution in [0, 0.1) is 0 Å². The van der Waals surface area contributed by atoms with Crippen molar-refractivity contribution in [1.82, 2.24) is 10.6 Å². The summed E-state index contributed by atoms with van der Waals surface area (Å²) in [6, 6.07) is 4.22. The molecule has 1 aromatic rings. The lowest BCUT2D eigenvalue weighted by Gasteiger charge is -2.37. The normalized spacial score (nSPS) is 19.9. The van der Waals surface area contributed by atoms with Gasteiger partial charge in [-0.2, -0.15) is 0 Å². The molecule has 1 aromatic heterocycles. The molecule has 1 amide bonds. The van der Waals surface area contributed by atoms with Crippen molar-refractivity contribution < 1.29 is 4.79 Å². The third-order valence-corrected chi connectivity index (χ3v) is 5.24. The topological polar surface area (TPSA) is 41.1 Å². The van der Waals surface area contributed by atoms with Gasteiger partial charge in [-0.1, -0.05) is 25.3 Å². The summed E-state index contributed by atoms with van der Waals surface area (Å²) in [5, 5.41) is 8.57. The molecule has 2 rings (SSSR count). The Morgan fingerprint density at radius 1 is 1.42 bits per heavy atom. The molecular weight excluding hydrogens is 256 g/mol. The molecule has 1 aliphatic carbocycles. The summed E-state index contributed by atoms with van der Waals surface area (Å²) in [5.74, 6) is 0.164. The van der Waals surface area contributed by atoms with E-state index in [0.29, 0.717) is 6.42 Å². The molecule has 0 unspecified atom stereocenters. The van der Waals surface area contributed by atoms with Gasteiger partial charge in [-0.15, -0.1) is 11.3 Å². The summed E-state index contributed by atoms with van der Waals surface area (Å²) in [6.07, 6.45) is 6.59. The predicted octanol–water partition coefficient (Wildman–Crippen LogP) is 3.24. The lowest BCUT2D eigenvalue weighted by atomic mass is 9.79. The zero-order valence-electron chi connectivity index (χ0n) is 11.9. The Morgan fingerprint density at radius 2 is 2.16 bits per heavy atom. The molecule has 1 aliphatic rings. The van der Waals surface area contributed by atoms with Gasteiger partial charge in [0.2, 0.25) is 5.91 Å². The van der Waals surface area contributed by atoms with Gasteiger partial charge >= 0.3 is 0 Å². The standard InChI is InChI=1S/C15H24N2OS/c1-12(13-7-6-10-19-13)17-14(18)11-15(16-2)8-4-3-5-9-15/h6-7,10,12,16H,3-5,8-9,11H2,1-2H3,(H,17,18)/t12-/m1/s1. The fourth-order valence-corrected chi connectivity index (χ4v) is 3.69. The molecule has 2 N–H and O–H groups in total. The van der Waals surface area contributed by atoms with E-state index in [4.69, 9.17) is 0 Å². The highest BCUT2D eigenvalue weighted by Gasteiger charge is 2.32. The van der Waals surface area contributed by atoms with Crippen molar-refractivity contribution in [2.24, 2.45) is 0 Å². The molecule has 0 saturated heterocycles. The van der Waals surface area contributed by atoms with Crippen LogP contribution >= 0.6 is 11.3 Å². The molecule has 4 heteroatoms. The Hall–Kier alpha value is -0.870. The number of carbonyl (C=O) groups is 1. The van der Waals surface area contributed by atoms with Gasteiger partial charge in [0.15, 0.2) is 0 Å². The number of amides is 1. The first-order valence-corrected chi connectivity index (χ1v) is 8.05. The molecule has 1 fully saturated rings. The van der Waals surface area contributed by atoms with E-state index < -0.39 is 0 Å². The van der Waals surface area contributed by atoms with Crippen LogP contribution in [0.25, 0.3) is 0 Å². The Bertz CT molecular complexity index is 396. The Morgan fingerprint density at radius 3 is 2.74 bits per heavy atom. The molecule has 1 heterocycles. The summed E-state index contributed by atoms with van der Waals surface area (Å²) in [5.41, 5.74) is 0.0253. The van der Waals surface area contributed by atoms with Gasteiger partial charge in [-0.25, -0.2) is 0 Å². The van der Waals surface area contributed by atoms with E-state index in [0.717, 1.165) is 12.8 Å². The monoisotopic (exact) mass is 280 g/mol. The molecule has 0 aromatic carbocycles. The third kappa shape index (κ3) is 3.80. The highest BCUT2D eigenvalue weighted by molar-refractivity contribution is 7.10. The van der Waals surface area contributed by atoms with Crippen LogP contribution in [0.15, 0.2) is 17.5 Å². The first-order valence-electron chi connectivity index (χ1n) is 7.17. The quantitative estimate of drug-likeness (QED) is 0.869. The van der Waals surface area contributed by atoms with Gasteiger partial charge < -0.3 is 10.6 Å². The molecule has 0 bridgehead atoms. The van der Waals surface area contributed by atoms with E-state index in [9.17, 15) is 4.79 Å². The first kappa shape index (κ1) is 14.5.